The fraction of sp³-hybridized carbons (Fsp3) is 0.917. The van der Waals surface area contributed by atoms with Gasteiger partial charge in [-0.1, -0.05) is 0 Å². The van der Waals surface area contributed by atoms with Crippen molar-refractivity contribution in [3.05, 3.63) is 0 Å². The molecule has 2 aliphatic heterocycles. The van der Waals surface area contributed by atoms with Gasteiger partial charge in [0.25, 0.3) is 0 Å². The van der Waals surface area contributed by atoms with Crippen LogP contribution in [0.5, 0.6) is 0 Å². The number of amides is 1. The molecular weight excluding hydrogens is 218 g/mol. The summed E-state index contributed by atoms with van der Waals surface area (Å²) < 4.78 is 5.57. The maximum absolute atomic E-state index is 12.1. The van der Waals surface area contributed by atoms with Crippen LogP contribution in [0.4, 0.5) is 0 Å². The van der Waals surface area contributed by atoms with Crippen molar-refractivity contribution in [2.45, 2.75) is 18.9 Å². The second-order valence-corrected chi connectivity index (χ2v) is 5.49. The number of hydrogen-bond acceptors (Lipinski definition) is 4. The quantitative estimate of drug-likeness (QED) is 0.597. The van der Waals surface area contributed by atoms with Crippen LogP contribution in [0.1, 0.15) is 12.8 Å². The molecule has 1 unspecified atom stereocenters. The molecule has 2 heterocycles. The summed E-state index contributed by atoms with van der Waals surface area (Å²) in [5.41, 5.74) is 0.301. The van der Waals surface area contributed by atoms with E-state index in [0.29, 0.717) is 12.0 Å². The molecule has 5 heteroatoms. The summed E-state index contributed by atoms with van der Waals surface area (Å²) in [6.45, 7) is 5.00. The van der Waals surface area contributed by atoms with Gasteiger partial charge < -0.3 is 20.7 Å². The summed E-state index contributed by atoms with van der Waals surface area (Å²) in [7, 11) is 0. The Labute approximate surface area is 102 Å². The van der Waals surface area contributed by atoms with Gasteiger partial charge in [-0.05, 0) is 18.3 Å². The SMILES string of the molecule is O=C(NC[C@H]1CNCCO1)C1CNCC12CC2. The number of carbonyl (C=O) groups is 1. The van der Waals surface area contributed by atoms with Gasteiger partial charge in [-0.2, -0.15) is 0 Å². The summed E-state index contributed by atoms with van der Waals surface area (Å²) in [5.74, 6) is 0.390. The zero-order chi connectivity index (χ0) is 11.7. The molecule has 5 nitrogen and oxygen atoms in total. The van der Waals surface area contributed by atoms with Gasteiger partial charge >= 0.3 is 0 Å². The lowest BCUT2D eigenvalue weighted by Crippen LogP contribution is -2.47. The molecule has 2 saturated heterocycles. The Balaban J connectivity index is 1.46. The average Bonchev–Trinajstić information content (AvgIpc) is 3.00. The summed E-state index contributed by atoms with van der Waals surface area (Å²) in [5, 5.41) is 9.65. The molecule has 1 amide bonds. The Morgan fingerprint density at radius 2 is 2.24 bits per heavy atom. The molecule has 96 valence electrons. The summed E-state index contributed by atoms with van der Waals surface area (Å²) in [6.07, 6.45) is 2.55. The Bertz CT molecular complexity index is 298. The topological polar surface area (TPSA) is 62.4 Å². The molecule has 0 radical (unpaired) electrons. The molecule has 1 saturated carbocycles. The molecular formula is C12H21N3O2. The van der Waals surface area contributed by atoms with Crippen LogP contribution in [0.3, 0.4) is 0 Å². The summed E-state index contributed by atoms with van der Waals surface area (Å²) in [4.78, 5) is 12.1. The number of nitrogens with one attached hydrogen (secondary N) is 3. The Hall–Kier alpha value is -0.650. The van der Waals surface area contributed by atoms with Crippen LogP contribution in [-0.4, -0.2) is 51.3 Å². The third kappa shape index (κ3) is 2.32. The minimum Gasteiger partial charge on any atom is -0.374 e. The predicted molar refractivity (Wildman–Crippen MR) is 63.6 cm³/mol. The smallest absolute Gasteiger partial charge is 0.225 e. The highest BCUT2D eigenvalue weighted by Gasteiger charge is 2.54. The molecule has 1 spiro atoms. The predicted octanol–water partition coefficient (Wildman–Crippen LogP) is -0.909. The largest absolute Gasteiger partial charge is 0.374 e. The van der Waals surface area contributed by atoms with Gasteiger partial charge in [0.05, 0.1) is 18.6 Å². The van der Waals surface area contributed by atoms with Gasteiger partial charge in [0.2, 0.25) is 5.91 Å². The summed E-state index contributed by atoms with van der Waals surface area (Å²) >= 11 is 0. The van der Waals surface area contributed by atoms with E-state index in [4.69, 9.17) is 4.74 Å². The molecule has 0 bridgehead atoms. The van der Waals surface area contributed by atoms with Crippen molar-refractivity contribution in [1.29, 1.82) is 0 Å². The van der Waals surface area contributed by atoms with Crippen molar-refractivity contribution < 1.29 is 9.53 Å². The monoisotopic (exact) mass is 239 g/mol. The van der Waals surface area contributed by atoms with Gasteiger partial charge in [-0.15, -0.1) is 0 Å². The van der Waals surface area contributed by atoms with Gasteiger partial charge in [0, 0.05) is 32.7 Å². The van der Waals surface area contributed by atoms with E-state index in [-0.39, 0.29) is 17.9 Å². The van der Waals surface area contributed by atoms with Crippen molar-refractivity contribution in [3.63, 3.8) is 0 Å². The fourth-order valence-corrected chi connectivity index (χ4v) is 2.95. The Morgan fingerprint density at radius 3 is 2.94 bits per heavy atom. The number of carbonyl (C=O) groups excluding carboxylic acids is 1. The number of ether oxygens (including phenoxy) is 1. The molecule has 3 aliphatic rings. The van der Waals surface area contributed by atoms with Crippen molar-refractivity contribution >= 4 is 5.91 Å². The first-order valence-corrected chi connectivity index (χ1v) is 6.61. The van der Waals surface area contributed by atoms with Crippen molar-refractivity contribution in [3.8, 4) is 0 Å². The van der Waals surface area contributed by atoms with Crippen LogP contribution in [0.2, 0.25) is 0 Å². The van der Waals surface area contributed by atoms with Crippen LogP contribution in [-0.2, 0) is 9.53 Å². The fourth-order valence-electron chi connectivity index (χ4n) is 2.95. The van der Waals surface area contributed by atoms with E-state index in [2.05, 4.69) is 16.0 Å². The van der Waals surface area contributed by atoms with Crippen LogP contribution >= 0.6 is 0 Å². The van der Waals surface area contributed by atoms with Crippen molar-refractivity contribution in [2.75, 3.05) is 39.3 Å². The molecule has 3 fully saturated rings. The van der Waals surface area contributed by atoms with Crippen LogP contribution in [0.25, 0.3) is 0 Å². The number of hydrogen-bond donors (Lipinski definition) is 3. The third-order valence-corrected chi connectivity index (χ3v) is 4.28. The third-order valence-electron chi connectivity index (χ3n) is 4.28. The van der Waals surface area contributed by atoms with E-state index in [1.165, 1.54) is 12.8 Å². The lowest BCUT2D eigenvalue weighted by atomic mass is 9.92. The molecule has 17 heavy (non-hydrogen) atoms. The highest BCUT2D eigenvalue weighted by Crippen LogP contribution is 2.53. The van der Waals surface area contributed by atoms with Gasteiger partial charge in [0.15, 0.2) is 0 Å². The molecule has 0 aromatic heterocycles. The van der Waals surface area contributed by atoms with Gasteiger partial charge in [0.1, 0.15) is 0 Å². The van der Waals surface area contributed by atoms with E-state index in [1.54, 1.807) is 0 Å². The molecule has 0 aromatic rings. The average molecular weight is 239 g/mol. The van der Waals surface area contributed by atoms with Crippen molar-refractivity contribution in [2.24, 2.45) is 11.3 Å². The summed E-state index contributed by atoms with van der Waals surface area (Å²) in [6, 6.07) is 0. The van der Waals surface area contributed by atoms with Crippen LogP contribution in [0, 0.1) is 11.3 Å². The maximum Gasteiger partial charge on any atom is 0.225 e. The second-order valence-electron chi connectivity index (χ2n) is 5.49. The van der Waals surface area contributed by atoms with E-state index < -0.39 is 0 Å². The molecule has 3 rings (SSSR count). The van der Waals surface area contributed by atoms with E-state index in [0.717, 1.165) is 32.8 Å². The van der Waals surface area contributed by atoms with Gasteiger partial charge in [-0.25, -0.2) is 0 Å². The van der Waals surface area contributed by atoms with E-state index in [9.17, 15) is 4.79 Å². The normalized spacial score (nSPS) is 34.8. The first-order chi connectivity index (χ1) is 8.30. The lowest BCUT2D eigenvalue weighted by molar-refractivity contribution is -0.126. The standard InChI is InChI=1S/C12H21N3O2/c16-11(10-7-14-8-12(10)1-2-12)15-6-9-5-13-3-4-17-9/h9-10,13-14H,1-8H2,(H,15,16)/t9-,10?/m1/s1. The molecule has 0 aromatic carbocycles. The molecule has 1 aliphatic carbocycles. The zero-order valence-electron chi connectivity index (χ0n) is 10.1. The van der Waals surface area contributed by atoms with Gasteiger partial charge in [-0.3, -0.25) is 4.79 Å². The molecule has 3 N–H and O–H groups in total. The number of morpholine rings is 1. The molecule has 2 atom stereocenters. The minimum atomic E-state index is 0.136. The van der Waals surface area contributed by atoms with E-state index in [1.807, 2.05) is 0 Å². The zero-order valence-corrected chi connectivity index (χ0v) is 10.1. The minimum absolute atomic E-state index is 0.136. The Kier molecular flexibility index (Phi) is 3.06. The van der Waals surface area contributed by atoms with Crippen molar-refractivity contribution in [1.82, 2.24) is 16.0 Å². The van der Waals surface area contributed by atoms with Crippen LogP contribution in [0.15, 0.2) is 0 Å². The first-order valence-electron chi connectivity index (χ1n) is 6.61. The lowest BCUT2D eigenvalue weighted by Gasteiger charge is -2.25. The highest BCUT2D eigenvalue weighted by molar-refractivity contribution is 5.80. The van der Waals surface area contributed by atoms with Crippen LogP contribution < -0.4 is 16.0 Å². The highest BCUT2D eigenvalue weighted by atomic mass is 16.5. The number of rotatable bonds is 3. The maximum atomic E-state index is 12.1. The second kappa shape index (κ2) is 4.55. The Morgan fingerprint density at radius 1 is 1.35 bits per heavy atom. The first kappa shape index (κ1) is 11.4. The van der Waals surface area contributed by atoms with E-state index >= 15 is 0 Å².